The average Bonchev–Trinajstić information content (AvgIpc) is 2.33. The molecule has 0 aromatic heterocycles. The van der Waals surface area contributed by atoms with Crippen LogP contribution in [0.25, 0.3) is 0 Å². The van der Waals surface area contributed by atoms with Gasteiger partial charge in [-0.3, -0.25) is 0 Å². The third-order valence-electron chi connectivity index (χ3n) is 2.31. The number of rotatable bonds is 4. The van der Waals surface area contributed by atoms with Gasteiger partial charge in [0, 0.05) is 12.8 Å². The largest absolute Gasteiger partial charge is 0.390 e. The van der Waals surface area contributed by atoms with E-state index in [-0.39, 0.29) is 5.60 Å². The van der Waals surface area contributed by atoms with Crippen molar-refractivity contribution in [3.63, 3.8) is 0 Å². The number of hydrogen-bond donors (Lipinski definition) is 1. The van der Waals surface area contributed by atoms with Crippen molar-refractivity contribution in [2.45, 2.75) is 45.3 Å². The fraction of sp³-hybridized carbons (Fsp3) is 0.500. The van der Waals surface area contributed by atoms with Crippen LogP contribution in [0, 0.1) is 11.8 Å². The number of benzene rings is 1. The Hall–Kier alpha value is -1.30. The summed E-state index contributed by atoms with van der Waals surface area (Å²) in [5.41, 5.74) is 0.990. The van der Waals surface area contributed by atoms with E-state index < -0.39 is 6.10 Å². The van der Waals surface area contributed by atoms with E-state index in [0.717, 1.165) is 6.42 Å². The zero-order chi connectivity index (χ0) is 13.4. The van der Waals surface area contributed by atoms with Crippen LogP contribution in [0.15, 0.2) is 30.3 Å². The van der Waals surface area contributed by atoms with Crippen molar-refractivity contribution in [3.8, 4) is 11.8 Å². The second-order valence-corrected chi connectivity index (χ2v) is 5.30. The molecule has 1 atom stereocenters. The van der Waals surface area contributed by atoms with Crippen LogP contribution in [0.3, 0.4) is 0 Å². The maximum absolute atomic E-state index is 9.68. The molecule has 0 fully saturated rings. The number of ether oxygens (including phenoxy) is 1. The molecule has 0 bridgehead atoms. The molecule has 0 radical (unpaired) electrons. The molecule has 1 aromatic carbocycles. The number of aliphatic hydroxyl groups excluding tert-OH is 1. The first kappa shape index (κ1) is 14.8. The summed E-state index contributed by atoms with van der Waals surface area (Å²) in [6, 6.07) is 10.1. The minimum atomic E-state index is -0.507. The molecule has 18 heavy (non-hydrogen) atoms. The highest BCUT2D eigenvalue weighted by Gasteiger charge is 2.12. The average molecular weight is 246 g/mol. The van der Waals surface area contributed by atoms with Crippen molar-refractivity contribution in [1.29, 1.82) is 0 Å². The smallest absolute Gasteiger partial charge is 0.0882 e. The van der Waals surface area contributed by atoms with Crippen LogP contribution in [-0.2, 0) is 11.2 Å². The van der Waals surface area contributed by atoms with Gasteiger partial charge < -0.3 is 9.84 Å². The van der Waals surface area contributed by atoms with Crippen LogP contribution in [0.5, 0.6) is 0 Å². The highest BCUT2D eigenvalue weighted by Crippen LogP contribution is 2.07. The molecule has 1 N–H and O–H groups in total. The Kier molecular flexibility index (Phi) is 5.91. The molecule has 0 aliphatic rings. The van der Waals surface area contributed by atoms with Crippen LogP contribution in [0.2, 0.25) is 0 Å². The van der Waals surface area contributed by atoms with E-state index in [0.29, 0.717) is 13.0 Å². The first-order chi connectivity index (χ1) is 8.47. The molecule has 0 saturated heterocycles. The molecule has 1 aromatic rings. The van der Waals surface area contributed by atoms with Crippen molar-refractivity contribution in [3.05, 3.63) is 35.9 Å². The lowest BCUT2D eigenvalue weighted by Gasteiger charge is -2.21. The Morgan fingerprint density at radius 3 is 2.44 bits per heavy atom. The van der Waals surface area contributed by atoms with Crippen LogP contribution in [0.4, 0.5) is 0 Å². The lowest BCUT2D eigenvalue weighted by Crippen LogP contribution is -2.25. The monoisotopic (exact) mass is 246 g/mol. The molecule has 1 unspecified atom stereocenters. The van der Waals surface area contributed by atoms with Crippen molar-refractivity contribution in [1.82, 2.24) is 0 Å². The molecule has 0 aliphatic carbocycles. The van der Waals surface area contributed by atoms with Gasteiger partial charge >= 0.3 is 0 Å². The molecule has 2 nitrogen and oxygen atoms in total. The molecule has 0 spiro atoms. The summed E-state index contributed by atoms with van der Waals surface area (Å²) < 4.78 is 5.49. The molecule has 0 heterocycles. The standard InChI is InChI=1S/C16H22O2/c1-16(2,3)18-13-15(17)12-8-7-11-14-9-5-4-6-10-14/h4-6,9-10,15,17H,11-13H2,1-3H3. The number of hydrogen-bond acceptors (Lipinski definition) is 2. The van der Waals surface area contributed by atoms with Crippen molar-refractivity contribution in [2.24, 2.45) is 0 Å². The summed E-state index contributed by atoms with van der Waals surface area (Å²) in [4.78, 5) is 0. The minimum absolute atomic E-state index is 0.210. The number of aliphatic hydroxyl groups is 1. The summed E-state index contributed by atoms with van der Waals surface area (Å²) in [5.74, 6) is 6.05. The van der Waals surface area contributed by atoms with E-state index >= 15 is 0 Å². The molecule has 0 aliphatic heterocycles. The Bertz CT molecular complexity index is 393. The summed E-state index contributed by atoms with van der Waals surface area (Å²) >= 11 is 0. The molecule has 0 amide bonds. The fourth-order valence-corrected chi connectivity index (χ4v) is 1.36. The van der Waals surface area contributed by atoms with Gasteiger partial charge in [0.2, 0.25) is 0 Å². The molecular weight excluding hydrogens is 224 g/mol. The van der Waals surface area contributed by atoms with Gasteiger partial charge in [-0.05, 0) is 26.3 Å². The SMILES string of the molecule is CC(C)(C)OCC(O)CC#CCc1ccccc1. The van der Waals surface area contributed by atoms with Crippen LogP contribution in [0.1, 0.15) is 32.8 Å². The Morgan fingerprint density at radius 2 is 1.83 bits per heavy atom. The Morgan fingerprint density at radius 1 is 1.17 bits per heavy atom. The van der Waals surface area contributed by atoms with E-state index in [2.05, 4.69) is 11.8 Å². The van der Waals surface area contributed by atoms with Crippen LogP contribution >= 0.6 is 0 Å². The summed E-state index contributed by atoms with van der Waals surface area (Å²) in [6.07, 6.45) is 0.684. The fourth-order valence-electron chi connectivity index (χ4n) is 1.36. The van der Waals surface area contributed by atoms with Crippen molar-refractivity contribution < 1.29 is 9.84 Å². The third kappa shape index (κ3) is 7.11. The van der Waals surface area contributed by atoms with Gasteiger partial charge in [0.05, 0.1) is 18.3 Å². The molecule has 0 saturated carbocycles. The lowest BCUT2D eigenvalue weighted by atomic mass is 10.1. The molecule has 2 heteroatoms. The van der Waals surface area contributed by atoms with Crippen molar-refractivity contribution >= 4 is 0 Å². The zero-order valence-electron chi connectivity index (χ0n) is 11.4. The van der Waals surface area contributed by atoms with Gasteiger partial charge in [-0.1, -0.05) is 36.3 Å². The first-order valence-corrected chi connectivity index (χ1v) is 6.29. The predicted octanol–water partition coefficient (Wildman–Crippen LogP) is 2.80. The minimum Gasteiger partial charge on any atom is -0.390 e. The molecule has 1 rings (SSSR count). The van der Waals surface area contributed by atoms with Gasteiger partial charge in [0.15, 0.2) is 0 Å². The quantitative estimate of drug-likeness (QED) is 0.828. The van der Waals surface area contributed by atoms with E-state index in [9.17, 15) is 5.11 Å². The van der Waals surface area contributed by atoms with Gasteiger partial charge in [-0.15, -0.1) is 5.92 Å². The van der Waals surface area contributed by atoms with E-state index in [1.54, 1.807) is 0 Å². The van der Waals surface area contributed by atoms with E-state index in [4.69, 9.17) is 4.74 Å². The van der Waals surface area contributed by atoms with E-state index in [1.165, 1.54) is 5.56 Å². The van der Waals surface area contributed by atoms with Crippen LogP contribution in [-0.4, -0.2) is 23.4 Å². The van der Waals surface area contributed by atoms with Gasteiger partial charge in [0.25, 0.3) is 0 Å². The predicted molar refractivity (Wildman–Crippen MR) is 74.3 cm³/mol. The maximum Gasteiger partial charge on any atom is 0.0882 e. The van der Waals surface area contributed by atoms with E-state index in [1.807, 2.05) is 51.1 Å². The Labute approximate surface area is 110 Å². The second-order valence-electron chi connectivity index (χ2n) is 5.30. The molecule has 98 valence electrons. The first-order valence-electron chi connectivity index (χ1n) is 6.29. The maximum atomic E-state index is 9.68. The molecular formula is C16H22O2. The van der Waals surface area contributed by atoms with Crippen molar-refractivity contribution in [2.75, 3.05) is 6.61 Å². The highest BCUT2D eigenvalue weighted by atomic mass is 16.5. The van der Waals surface area contributed by atoms with Gasteiger partial charge in [-0.2, -0.15) is 0 Å². The second kappa shape index (κ2) is 7.20. The lowest BCUT2D eigenvalue weighted by molar-refractivity contribution is -0.0470. The summed E-state index contributed by atoms with van der Waals surface area (Å²) in [5, 5.41) is 9.68. The Balaban J connectivity index is 2.25. The van der Waals surface area contributed by atoms with Crippen LogP contribution < -0.4 is 0 Å². The highest BCUT2D eigenvalue weighted by molar-refractivity contribution is 5.20. The normalized spacial score (nSPS) is 12.7. The third-order valence-corrected chi connectivity index (χ3v) is 2.31. The zero-order valence-corrected chi connectivity index (χ0v) is 11.4. The van der Waals surface area contributed by atoms with Gasteiger partial charge in [-0.25, -0.2) is 0 Å². The summed E-state index contributed by atoms with van der Waals surface area (Å²) in [7, 11) is 0. The van der Waals surface area contributed by atoms with Gasteiger partial charge in [0.1, 0.15) is 0 Å². The topological polar surface area (TPSA) is 29.5 Å². The summed E-state index contributed by atoms with van der Waals surface area (Å²) in [6.45, 7) is 6.26.